The molecule has 1 saturated heterocycles. The fourth-order valence-electron chi connectivity index (χ4n) is 2.97. The zero-order valence-electron chi connectivity index (χ0n) is 13.5. The van der Waals surface area contributed by atoms with Gasteiger partial charge < -0.3 is 15.4 Å². The summed E-state index contributed by atoms with van der Waals surface area (Å²) in [5, 5.41) is 0. The fourth-order valence-corrected chi connectivity index (χ4v) is 2.97. The number of hydrogen-bond donors (Lipinski definition) is 1. The van der Waals surface area contributed by atoms with Crippen molar-refractivity contribution in [2.45, 2.75) is 51.4 Å². The lowest BCUT2D eigenvalue weighted by Gasteiger charge is -2.40. The van der Waals surface area contributed by atoms with Crippen LogP contribution in [0.2, 0.25) is 0 Å². The number of morpholine rings is 1. The van der Waals surface area contributed by atoms with E-state index in [1.165, 1.54) is 12.1 Å². The molecule has 1 aromatic carbocycles. The second-order valence-electron chi connectivity index (χ2n) is 6.36. The van der Waals surface area contributed by atoms with Gasteiger partial charge in [0.15, 0.2) is 0 Å². The maximum Gasteiger partial charge on any atom is 0.242 e. The number of nitrogens with zero attached hydrogens (tertiary/aromatic N) is 1. The van der Waals surface area contributed by atoms with Crippen molar-refractivity contribution < 1.29 is 13.9 Å². The highest BCUT2D eigenvalue weighted by Gasteiger charge is 2.36. The van der Waals surface area contributed by atoms with E-state index in [1.807, 2.05) is 13.8 Å². The molecular weight excluding hydrogens is 283 g/mol. The molecule has 3 unspecified atom stereocenters. The van der Waals surface area contributed by atoms with Gasteiger partial charge in [0, 0.05) is 6.54 Å². The normalized spacial score (nSPS) is 24.9. The van der Waals surface area contributed by atoms with Gasteiger partial charge in [-0.15, -0.1) is 0 Å². The van der Waals surface area contributed by atoms with E-state index in [1.54, 1.807) is 24.0 Å². The van der Waals surface area contributed by atoms with Crippen LogP contribution in [0, 0.1) is 5.82 Å². The number of rotatable bonds is 4. The molecule has 0 bridgehead atoms. The summed E-state index contributed by atoms with van der Waals surface area (Å²) in [6.07, 6.45) is 1.19. The smallest absolute Gasteiger partial charge is 0.242 e. The number of carbonyl (C=O) groups excluding carboxylic acids is 1. The lowest BCUT2D eigenvalue weighted by molar-refractivity contribution is -0.150. The van der Waals surface area contributed by atoms with Crippen LogP contribution in [0.1, 0.15) is 45.3 Å². The van der Waals surface area contributed by atoms with Gasteiger partial charge >= 0.3 is 0 Å². The summed E-state index contributed by atoms with van der Waals surface area (Å²) in [7, 11) is 0. The maximum atomic E-state index is 13.1. The Morgan fingerprint density at radius 3 is 2.64 bits per heavy atom. The Bertz CT molecular complexity index is 516. The van der Waals surface area contributed by atoms with Crippen LogP contribution in [0.25, 0.3) is 0 Å². The van der Waals surface area contributed by atoms with Gasteiger partial charge in [0.2, 0.25) is 5.91 Å². The highest BCUT2D eigenvalue weighted by molar-refractivity contribution is 5.85. The molecule has 0 spiro atoms. The van der Waals surface area contributed by atoms with Gasteiger partial charge in [0.1, 0.15) is 11.9 Å². The summed E-state index contributed by atoms with van der Waals surface area (Å²) in [6.45, 7) is 6.72. The Morgan fingerprint density at radius 2 is 2.05 bits per heavy atom. The Kier molecular flexibility index (Phi) is 5.19. The summed E-state index contributed by atoms with van der Waals surface area (Å²) in [6, 6.07) is 6.23. The first-order chi connectivity index (χ1) is 10.3. The Labute approximate surface area is 131 Å². The molecule has 5 heteroatoms. The Balaban J connectivity index is 2.14. The van der Waals surface area contributed by atoms with E-state index in [4.69, 9.17) is 10.5 Å². The highest BCUT2D eigenvalue weighted by atomic mass is 19.1. The zero-order valence-corrected chi connectivity index (χ0v) is 13.5. The molecule has 1 aliphatic heterocycles. The molecule has 0 aliphatic carbocycles. The van der Waals surface area contributed by atoms with Crippen LogP contribution < -0.4 is 5.73 Å². The van der Waals surface area contributed by atoms with Crippen LogP contribution in [0.15, 0.2) is 24.3 Å². The molecule has 3 atom stereocenters. The van der Waals surface area contributed by atoms with Crippen molar-refractivity contribution in [3.05, 3.63) is 35.6 Å². The first-order valence-electron chi connectivity index (χ1n) is 7.82. The summed E-state index contributed by atoms with van der Waals surface area (Å²) in [5.74, 6) is -0.324. The SMILES string of the molecule is CCCC(C)(N)C(=O)N1CC(C)OC(c2ccc(F)cc2)C1. The van der Waals surface area contributed by atoms with Gasteiger partial charge in [-0.05, 0) is 38.0 Å². The quantitative estimate of drug-likeness (QED) is 0.930. The third-order valence-corrected chi connectivity index (χ3v) is 4.05. The molecule has 1 aromatic rings. The largest absolute Gasteiger partial charge is 0.367 e. The number of benzene rings is 1. The molecule has 0 saturated carbocycles. The van der Waals surface area contributed by atoms with Crippen LogP contribution >= 0.6 is 0 Å². The van der Waals surface area contributed by atoms with Crippen molar-refractivity contribution in [3.63, 3.8) is 0 Å². The molecule has 0 radical (unpaired) electrons. The van der Waals surface area contributed by atoms with E-state index in [-0.39, 0.29) is 23.9 Å². The third kappa shape index (κ3) is 3.84. The molecule has 2 N–H and O–H groups in total. The topological polar surface area (TPSA) is 55.6 Å². The summed E-state index contributed by atoms with van der Waals surface area (Å²) >= 11 is 0. The van der Waals surface area contributed by atoms with Crippen molar-refractivity contribution in [2.24, 2.45) is 5.73 Å². The van der Waals surface area contributed by atoms with Gasteiger partial charge in [0.05, 0.1) is 18.2 Å². The van der Waals surface area contributed by atoms with Gasteiger partial charge in [-0.2, -0.15) is 0 Å². The van der Waals surface area contributed by atoms with E-state index in [9.17, 15) is 9.18 Å². The van der Waals surface area contributed by atoms with Crippen LogP contribution in [-0.4, -0.2) is 35.5 Å². The monoisotopic (exact) mass is 308 g/mol. The predicted octanol–water partition coefficient (Wildman–Crippen LogP) is 2.63. The first kappa shape index (κ1) is 16.9. The second kappa shape index (κ2) is 6.75. The Hall–Kier alpha value is -1.46. The molecule has 1 amide bonds. The van der Waals surface area contributed by atoms with Crippen molar-refractivity contribution in [3.8, 4) is 0 Å². The summed E-state index contributed by atoms with van der Waals surface area (Å²) < 4.78 is 19.0. The Morgan fingerprint density at radius 1 is 1.41 bits per heavy atom. The highest BCUT2D eigenvalue weighted by Crippen LogP contribution is 2.27. The number of hydrogen-bond acceptors (Lipinski definition) is 3. The fraction of sp³-hybridized carbons (Fsp3) is 0.588. The molecule has 1 heterocycles. The van der Waals surface area contributed by atoms with Gasteiger partial charge in [0.25, 0.3) is 0 Å². The van der Waals surface area contributed by atoms with E-state index in [0.29, 0.717) is 19.5 Å². The van der Waals surface area contributed by atoms with Gasteiger partial charge in [-0.25, -0.2) is 4.39 Å². The molecule has 2 rings (SSSR count). The molecule has 1 aliphatic rings. The lowest BCUT2D eigenvalue weighted by atomic mass is 9.94. The third-order valence-electron chi connectivity index (χ3n) is 4.05. The summed E-state index contributed by atoms with van der Waals surface area (Å²) in [4.78, 5) is 14.4. The van der Waals surface area contributed by atoms with Crippen molar-refractivity contribution in [1.82, 2.24) is 4.90 Å². The van der Waals surface area contributed by atoms with Crippen molar-refractivity contribution in [2.75, 3.05) is 13.1 Å². The number of halogens is 1. The zero-order chi connectivity index (χ0) is 16.3. The minimum Gasteiger partial charge on any atom is -0.367 e. The van der Waals surface area contributed by atoms with Gasteiger partial charge in [-0.1, -0.05) is 25.5 Å². The molecular formula is C17H25FN2O2. The maximum absolute atomic E-state index is 13.1. The molecule has 1 fully saturated rings. The second-order valence-corrected chi connectivity index (χ2v) is 6.36. The molecule has 0 aromatic heterocycles. The van der Waals surface area contributed by atoms with E-state index in [2.05, 4.69) is 0 Å². The average Bonchev–Trinajstić information content (AvgIpc) is 2.46. The number of ether oxygens (including phenoxy) is 1. The van der Waals surface area contributed by atoms with Crippen LogP contribution in [0.4, 0.5) is 4.39 Å². The molecule has 122 valence electrons. The van der Waals surface area contributed by atoms with E-state index >= 15 is 0 Å². The number of nitrogens with two attached hydrogens (primary N) is 1. The van der Waals surface area contributed by atoms with Crippen molar-refractivity contribution >= 4 is 5.91 Å². The van der Waals surface area contributed by atoms with Crippen LogP contribution in [0.5, 0.6) is 0 Å². The van der Waals surface area contributed by atoms with E-state index in [0.717, 1.165) is 12.0 Å². The number of carbonyl (C=O) groups is 1. The molecule has 22 heavy (non-hydrogen) atoms. The minimum absolute atomic E-state index is 0.0448. The van der Waals surface area contributed by atoms with Crippen LogP contribution in [-0.2, 0) is 9.53 Å². The van der Waals surface area contributed by atoms with Gasteiger partial charge in [-0.3, -0.25) is 4.79 Å². The molecule has 4 nitrogen and oxygen atoms in total. The standard InChI is InChI=1S/C17H25FN2O2/c1-4-9-17(3,19)16(21)20-10-12(2)22-15(11-20)13-5-7-14(18)8-6-13/h5-8,12,15H,4,9-11,19H2,1-3H3. The van der Waals surface area contributed by atoms with Crippen molar-refractivity contribution in [1.29, 1.82) is 0 Å². The van der Waals surface area contributed by atoms with Crippen LogP contribution in [0.3, 0.4) is 0 Å². The minimum atomic E-state index is -0.848. The number of amides is 1. The lowest BCUT2D eigenvalue weighted by Crippen LogP contribution is -2.57. The average molecular weight is 308 g/mol. The predicted molar refractivity (Wildman–Crippen MR) is 83.8 cm³/mol. The first-order valence-corrected chi connectivity index (χ1v) is 7.82. The summed E-state index contributed by atoms with van der Waals surface area (Å²) in [5.41, 5.74) is 6.20. The van der Waals surface area contributed by atoms with E-state index < -0.39 is 5.54 Å².